The molecule has 0 amide bonds. The highest BCUT2D eigenvalue weighted by atomic mass is 79.9. The highest BCUT2D eigenvalue weighted by molar-refractivity contribution is 9.10. The summed E-state index contributed by atoms with van der Waals surface area (Å²) in [6, 6.07) is 0. The van der Waals surface area contributed by atoms with Crippen molar-refractivity contribution in [1.82, 2.24) is 9.97 Å². The number of hydrogen-bond donors (Lipinski definition) is 1. The summed E-state index contributed by atoms with van der Waals surface area (Å²) < 4.78 is 0.489. The third-order valence-corrected chi connectivity index (χ3v) is 1.49. The highest BCUT2D eigenvalue weighted by Crippen LogP contribution is 2.11. The molecule has 0 fully saturated rings. The van der Waals surface area contributed by atoms with E-state index in [2.05, 4.69) is 31.8 Å². The Labute approximate surface area is 66.8 Å². The number of anilines is 1. The van der Waals surface area contributed by atoms with E-state index in [9.17, 15) is 0 Å². The van der Waals surface area contributed by atoms with Crippen LogP contribution in [0.3, 0.4) is 0 Å². The van der Waals surface area contributed by atoms with Crippen LogP contribution in [0, 0.1) is 12.3 Å². The topological polar surface area (TPSA) is 51.8 Å². The van der Waals surface area contributed by atoms with Crippen LogP contribution < -0.4 is 5.73 Å². The van der Waals surface area contributed by atoms with Crippen LogP contribution in [-0.2, 0) is 0 Å². The molecular weight excluding hydrogens is 194 g/mol. The van der Waals surface area contributed by atoms with Crippen LogP contribution in [0.1, 0.15) is 5.69 Å². The summed E-state index contributed by atoms with van der Waals surface area (Å²) in [7, 11) is 0. The van der Waals surface area contributed by atoms with Crippen molar-refractivity contribution >= 4 is 21.7 Å². The van der Waals surface area contributed by atoms with Gasteiger partial charge in [-0.15, -0.1) is 6.42 Å². The van der Waals surface area contributed by atoms with E-state index in [1.165, 1.54) is 6.20 Å². The van der Waals surface area contributed by atoms with E-state index in [4.69, 9.17) is 12.2 Å². The summed E-state index contributed by atoms with van der Waals surface area (Å²) in [6.07, 6.45) is 6.50. The van der Waals surface area contributed by atoms with Gasteiger partial charge in [-0.1, -0.05) is 0 Å². The lowest BCUT2D eigenvalue weighted by atomic mass is 10.5. The van der Waals surface area contributed by atoms with Gasteiger partial charge in [0.2, 0.25) is 0 Å². The molecule has 0 aromatic carbocycles. The van der Waals surface area contributed by atoms with Crippen molar-refractivity contribution in [1.29, 1.82) is 0 Å². The second-order valence-electron chi connectivity index (χ2n) is 1.58. The molecule has 0 aliphatic carbocycles. The first-order valence-corrected chi connectivity index (χ1v) is 3.28. The van der Waals surface area contributed by atoms with Gasteiger partial charge in [0.15, 0.2) is 5.82 Å². The Bertz CT molecular complexity index is 290. The van der Waals surface area contributed by atoms with Crippen LogP contribution in [0.4, 0.5) is 5.82 Å². The Morgan fingerprint density at radius 3 is 2.90 bits per heavy atom. The molecule has 0 aliphatic rings. The largest absolute Gasteiger partial charge is 0.381 e. The molecule has 0 radical (unpaired) electrons. The van der Waals surface area contributed by atoms with E-state index in [1.807, 2.05) is 0 Å². The van der Waals surface area contributed by atoms with Gasteiger partial charge in [-0.2, -0.15) is 0 Å². The Kier molecular flexibility index (Phi) is 1.88. The molecule has 1 aromatic heterocycles. The molecule has 3 nitrogen and oxygen atoms in total. The standard InChI is InChI=1S/C6H4BrN3/c1-2-4-3-9-6(8)5(7)10-4/h1,3H,(H2,8,9). The SMILES string of the molecule is C#Cc1cnc(N)c(Br)n1. The number of nitrogen functional groups attached to an aromatic ring is 1. The molecule has 0 atom stereocenters. The first-order chi connectivity index (χ1) is 4.74. The van der Waals surface area contributed by atoms with E-state index in [0.29, 0.717) is 16.1 Å². The van der Waals surface area contributed by atoms with E-state index in [-0.39, 0.29) is 0 Å². The number of terminal acetylenes is 1. The third-order valence-electron chi connectivity index (χ3n) is 0.904. The van der Waals surface area contributed by atoms with Gasteiger partial charge in [0, 0.05) is 0 Å². The van der Waals surface area contributed by atoms with Gasteiger partial charge >= 0.3 is 0 Å². The number of aromatic nitrogens is 2. The van der Waals surface area contributed by atoms with E-state index < -0.39 is 0 Å². The van der Waals surface area contributed by atoms with Crippen molar-refractivity contribution in [3.63, 3.8) is 0 Å². The van der Waals surface area contributed by atoms with Crippen LogP contribution in [0.2, 0.25) is 0 Å². The first-order valence-electron chi connectivity index (χ1n) is 2.48. The zero-order chi connectivity index (χ0) is 7.56. The molecule has 50 valence electrons. The number of halogens is 1. The van der Waals surface area contributed by atoms with Gasteiger partial charge in [-0.05, 0) is 21.9 Å². The minimum atomic E-state index is 0.346. The molecule has 0 saturated heterocycles. The fourth-order valence-corrected chi connectivity index (χ4v) is 0.739. The van der Waals surface area contributed by atoms with Gasteiger partial charge in [0.1, 0.15) is 10.3 Å². The summed E-state index contributed by atoms with van der Waals surface area (Å²) in [4.78, 5) is 7.66. The molecule has 2 N–H and O–H groups in total. The molecule has 0 saturated carbocycles. The van der Waals surface area contributed by atoms with Crippen LogP contribution in [-0.4, -0.2) is 9.97 Å². The average molecular weight is 198 g/mol. The van der Waals surface area contributed by atoms with Crippen LogP contribution >= 0.6 is 15.9 Å². The fourth-order valence-electron chi connectivity index (χ4n) is 0.445. The second kappa shape index (κ2) is 2.67. The Hall–Kier alpha value is -1.08. The van der Waals surface area contributed by atoms with Crippen LogP contribution in [0.15, 0.2) is 10.8 Å². The van der Waals surface area contributed by atoms with Crippen molar-refractivity contribution in [2.45, 2.75) is 0 Å². The lowest BCUT2D eigenvalue weighted by Gasteiger charge is -1.94. The smallest absolute Gasteiger partial charge is 0.156 e. The molecular formula is C6H4BrN3. The van der Waals surface area contributed by atoms with Gasteiger partial charge in [0.05, 0.1) is 6.20 Å². The second-order valence-corrected chi connectivity index (χ2v) is 2.33. The first kappa shape index (κ1) is 7.03. The Morgan fingerprint density at radius 2 is 2.40 bits per heavy atom. The summed E-state index contributed by atoms with van der Waals surface area (Å²) in [5.41, 5.74) is 5.83. The predicted molar refractivity (Wildman–Crippen MR) is 42.1 cm³/mol. The molecule has 1 heterocycles. The predicted octanol–water partition coefficient (Wildman–Crippen LogP) is 0.803. The average Bonchev–Trinajstić information content (AvgIpc) is 1.95. The molecule has 1 aromatic rings. The lowest BCUT2D eigenvalue weighted by Crippen LogP contribution is -1.95. The molecule has 0 spiro atoms. The van der Waals surface area contributed by atoms with Gasteiger partial charge in [-0.25, -0.2) is 9.97 Å². The third kappa shape index (κ3) is 1.25. The molecule has 10 heavy (non-hydrogen) atoms. The summed E-state index contributed by atoms with van der Waals surface area (Å²) >= 11 is 3.09. The Morgan fingerprint density at radius 1 is 1.70 bits per heavy atom. The maximum atomic E-state index is 5.35. The summed E-state index contributed by atoms with van der Waals surface area (Å²) in [5, 5.41) is 0. The van der Waals surface area contributed by atoms with Crippen molar-refractivity contribution in [3.8, 4) is 12.3 Å². The quantitative estimate of drug-likeness (QED) is 0.627. The molecule has 4 heteroatoms. The monoisotopic (exact) mass is 197 g/mol. The summed E-state index contributed by atoms with van der Waals surface area (Å²) in [5.74, 6) is 2.68. The maximum absolute atomic E-state index is 5.35. The number of nitrogens with zero attached hydrogens (tertiary/aromatic N) is 2. The maximum Gasteiger partial charge on any atom is 0.156 e. The highest BCUT2D eigenvalue weighted by Gasteiger charge is 1.96. The molecule has 1 rings (SSSR count). The number of rotatable bonds is 0. The number of nitrogens with two attached hydrogens (primary N) is 1. The molecule has 0 unspecified atom stereocenters. The van der Waals surface area contributed by atoms with Crippen molar-refractivity contribution in [2.24, 2.45) is 0 Å². The van der Waals surface area contributed by atoms with Crippen LogP contribution in [0.5, 0.6) is 0 Å². The van der Waals surface area contributed by atoms with E-state index in [0.717, 1.165) is 0 Å². The van der Waals surface area contributed by atoms with Crippen LogP contribution in [0.25, 0.3) is 0 Å². The van der Waals surface area contributed by atoms with Crippen molar-refractivity contribution in [3.05, 3.63) is 16.5 Å². The van der Waals surface area contributed by atoms with Gasteiger partial charge in [-0.3, -0.25) is 0 Å². The van der Waals surface area contributed by atoms with Gasteiger partial charge in [0.25, 0.3) is 0 Å². The molecule has 0 bridgehead atoms. The van der Waals surface area contributed by atoms with Crippen molar-refractivity contribution < 1.29 is 0 Å². The number of hydrogen-bond acceptors (Lipinski definition) is 3. The normalized spacial score (nSPS) is 8.80. The molecule has 0 aliphatic heterocycles. The fraction of sp³-hybridized carbons (Fsp3) is 0. The lowest BCUT2D eigenvalue weighted by molar-refractivity contribution is 1.15. The minimum absolute atomic E-state index is 0.346. The van der Waals surface area contributed by atoms with Crippen molar-refractivity contribution in [2.75, 3.05) is 5.73 Å². The van der Waals surface area contributed by atoms with E-state index in [1.54, 1.807) is 0 Å². The Balaban J connectivity index is 3.20. The van der Waals surface area contributed by atoms with E-state index >= 15 is 0 Å². The summed E-state index contributed by atoms with van der Waals surface area (Å²) in [6.45, 7) is 0. The van der Waals surface area contributed by atoms with Gasteiger partial charge < -0.3 is 5.73 Å². The zero-order valence-corrected chi connectivity index (χ0v) is 6.59. The zero-order valence-electron chi connectivity index (χ0n) is 5.00. The minimum Gasteiger partial charge on any atom is -0.381 e.